The molecule has 0 saturated carbocycles. The smallest absolute Gasteiger partial charge is 0.224 e. The number of hydrogen-bond donors (Lipinski definition) is 1. The van der Waals surface area contributed by atoms with Gasteiger partial charge in [-0.2, -0.15) is 5.10 Å². The standard InChI is InChI=1S/C23H21ClN4O2/c1-16-21-14-18(15-25-23(21)28(27-16)19-6-3-2-4-7-19)26-22(29)8-5-13-30-20-11-9-17(24)10-12-20/h2-4,6-7,9-12,14-15H,5,8,13H2,1H3,(H,26,29). The number of hydrogen-bond acceptors (Lipinski definition) is 4. The third kappa shape index (κ3) is 4.60. The number of ether oxygens (including phenoxy) is 1. The molecule has 152 valence electrons. The Labute approximate surface area is 179 Å². The van der Waals surface area contributed by atoms with Crippen LogP contribution in [-0.4, -0.2) is 27.3 Å². The van der Waals surface area contributed by atoms with Crippen molar-refractivity contribution in [3.8, 4) is 11.4 Å². The van der Waals surface area contributed by atoms with Gasteiger partial charge in [-0.25, -0.2) is 9.67 Å². The van der Waals surface area contributed by atoms with E-state index in [1.807, 2.05) is 48.0 Å². The van der Waals surface area contributed by atoms with E-state index in [1.54, 1.807) is 30.5 Å². The molecule has 2 aromatic carbocycles. The number of carbonyl (C=O) groups is 1. The summed E-state index contributed by atoms with van der Waals surface area (Å²) in [5.41, 5.74) is 3.21. The molecule has 0 unspecified atom stereocenters. The Balaban J connectivity index is 1.36. The summed E-state index contributed by atoms with van der Waals surface area (Å²) >= 11 is 5.85. The Morgan fingerprint density at radius 1 is 1.13 bits per heavy atom. The molecule has 0 aliphatic rings. The van der Waals surface area contributed by atoms with Crippen LogP contribution in [0.25, 0.3) is 16.7 Å². The van der Waals surface area contributed by atoms with Gasteiger partial charge in [-0.3, -0.25) is 4.79 Å². The van der Waals surface area contributed by atoms with Crippen molar-refractivity contribution in [1.29, 1.82) is 0 Å². The molecule has 1 amide bonds. The van der Waals surface area contributed by atoms with Gasteiger partial charge in [0, 0.05) is 16.8 Å². The van der Waals surface area contributed by atoms with Crippen LogP contribution >= 0.6 is 11.6 Å². The minimum absolute atomic E-state index is 0.0797. The summed E-state index contributed by atoms with van der Waals surface area (Å²) in [6.07, 6.45) is 2.62. The number of halogens is 1. The third-order valence-electron chi connectivity index (χ3n) is 4.62. The lowest BCUT2D eigenvalue weighted by Gasteiger charge is -2.07. The van der Waals surface area contributed by atoms with E-state index in [0.29, 0.717) is 30.2 Å². The highest BCUT2D eigenvalue weighted by molar-refractivity contribution is 6.30. The SMILES string of the molecule is Cc1nn(-c2ccccc2)c2ncc(NC(=O)CCCOc3ccc(Cl)cc3)cc12. The quantitative estimate of drug-likeness (QED) is 0.418. The monoisotopic (exact) mass is 420 g/mol. The molecule has 0 fully saturated rings. The normalized spacial score (nSPS) is 10.9. The van der Waals surface area contributed by atoms with Gasteiger partial charge >= 0.3 is 0 Å². The second-order valence-electron chi connectivity index (χ2n) is 6.88. The van der Waals surface area contributed by atoms with E-state index < -0.39 is 0 Å². The second kappa shape index (κ2) is 8.97. The molecule has 2 heterocycles. The molecular formula is C23H21ClN4O2. The average Bonchev–Trinajstić information content (AvgIpc) is 3.09. The Kier molecular flexibility index (Phi) is 5.95. The van der Waals surface area contributed by atoms with Crippen LogP contribution in [0, 0.1) is 6.92 Å². The molecule has 7 heteroatoms. The maximum absolute atomic E-state index is 12.3. The van der Waals surface area contributed by atoms with Crippen LogP contribution in [0.2, 0.25) is 5.02 Å². The summed E-state index contributed by atoms with van der Waals surface area (Å²) in [7, 11) is 0. The van der Waals surface area contributed by atoms with Crippen LogP contribution in [-0.2, 0) is 4.79 Å². The van der Waals surface area contributed by atoms with E-state index in [9.17, 15) is 4.79 Å². The van der Waals surface area contributed by atoms with Crippen molar-refractivity contribution >= 4 is 34.2 Å². The maximum atomic E-state index is 12.3. The predicted octanol–water partition coefficient (Wildman–Crippen LogP) is 5.18. The predicted molar refractivity (Wildman–Crippen MR) is 118 cm³/mol. The molecule has 1 N–H and O–H groups in total. The number of amides is 1. The number of pyridine rings is 1. The van der Waals surface area contributed by atoms with Crippen LogP contribution in [0.1, 0.15) is 18.5 Å². The van der Waals surface area contributed by atoms with Gasteiger partial charge in [0.15, 0.2) is 5.65 Å². The van der Waals surface area contributed by atoms with E-state index >= 15 is 0 Å². The molecule has 0 bridgehead atoms. The number of carbonyl (C=O) groups excluding carboxylic acids is 1. The molecule has 30 heavy (non-hydrogen) atoms. The van der Waals surface area contributed by atoms with E-state index in [0.717, 1.165) is 28.2 Å². The zero-order valence-corrected chi connectivity index (χ0v) is 17.3. The van der Waals surface area contributed by atoms with Crippen molar-refractivity contribution in [3.63, 3.8) is 0 Å². The number of nitrogens with zero attached hydrogens (tertiary/aromatic N) is 3. The lowest BCUT2D eigenvalue weighted by molar-refractivity contribution is -0.116. The van der Waals surface area contributed by atoms with Gasteiger partial charge in [0.2, 0.25) is 5.91 Å². The van der Waals surface area contributed by atoms with Crippen molar-refractivity contribution in [2.45, 2.75) is 19.8 Å². The largest absolute Gasteiger partial charge is 0.494 e. The number of anilines is 1. The third-order valence-corrected chi connectivity index (χ3v) is 4.87. The van der Waals surface area contributed by atoms with Crippen LogP contribution < -0.4 is 10.1 Å². The molecule has 0 saturated heterocycles. The zero-order chi connectivity index (χ0) is 20.9. The Hall–Kier alpha value is -3.38. The lowest BCUT2D eigenvalue weighted by Crippen LogP contribution is -2.13. The number of nitrogens with one attached hydrogen (secondary N) is 1. The van der Waals surface area contributed by atoms with Gasteiger partial charge in [-0.15, -0.1) is 0 Å². The highest BCUT2D eigenvalue weighted by Gasteiger charge is 2.12. The fraction of sp³-hybridized carbons (Fsp3) is 0.174. The number of aromatic nitrogens is 3. The topological polar surface area (TPSA) is 69.0 Å². The molecule has 0 atom stereocenters. The summed E-state index contributed by atoms with van der Waals surface area (Å²) in [4.78, 5) is 16.8. The Bertz CT molecular complexity index is 1160. The number of para-hydroxylation sites is 1. The van der Waals surface area contributed by atoms with Crippen molar-refractivity contribution < 1.29 is 9.53 Å². The van der Waals surface area contributed by atoms with Gasteiger partial charge < -0.3 is 10.1 Å². The second-order valence-corrected chi connectivity index (χ2v) is 7.32. The van der Waals surface area contributed by atoms with Crippen molar-refractivity contribution in [3.05, 3.63) is 77.6 Å². The Morgan fingerprint density at radius 2 is 1.90 bits per heavy atom. The summed E-state index contributed by atoms with van der Waals surface area (Å²) in [6, 6.07) is 18.9. The molecule has 4 aromatic rings. The van der Waals surface area contributed by atoms with E-state index in [4.69, 9.17) is 16.3 Å². The first kappa shape index (κ1) is 19.9. The van der Waals surface area contributed by atoms with E-state index in [-0.39, 0.29) is 5.91 Å². The van der Waals surface area contributed by atoms with Gasteiger partial charge in [-0.1, -0.05) is 29.8 Å². The minimum atomic E-state index is -0.0797. The molecule has 6 nitrogen and oxygen atoms in total. The maximum Gasteiger partial charge on any atom is 0.224 e. The first-order valence-corrected chi connectivity index (χ1v) is 10.1. The van der Waals surface area contributed by atoms with Crippen molar-refractivity contribution in [2.24, 2.45) is 0 Å². The first-order chi connectivity index (χ1) is 14.6. The molecule has 0 aliphatic heterocycles. The van der Waals surface area contributed by atoms with Crippen molar-refractivity contribution in [1.82, 2.24) is 14.8 Å². The fourth-order valence-electron chi connectivity index (χ4n) is 3.14. The lowest BCUT2D eigenvalue weighted by atomic mass is 10.2. The fourth-order valence-corrected chi connectivity index (χ4v) is 3.26. The molecule has 0 aliphatic carbocycles. The van der Waals surface area contributed by atoms with Gasteiger partial charge in [-0.05, 0) is 55.8 Å². The molecule has 0 radical (unpaired) electrons. The number of aryl methyl sites for hydroxylation is 1. The number of benzene rings is 2. The van der Waals surface area contributed by atoms with Gasteiger partial charge in [0.1, 0.15) is 5.75 Å². The Morgan fingerprint density at radius 3 is 2.67 bits per heavy atom. The summed E-state index contributed by atoms with van der Waals surface area (Å²) in [6.45, 7) is 2.39. The minimum Gasteiger partial charge on any atom is -0.494 e. The van der Waals surface area contributed by atoms with E-state index in [2.05, 4.69) is 15.4 Å². The summed E-state index contributed by atoms with van der Waals surface area (Å²) in [5, 5.41) is 9.07. The zero-order valence-electron chi connectivity index (χ0n) is 16.5. The molecule has 0 spiro atoms. The molecular weight excluding hydrogens is 400 g/mol. The highest BCUT2D eigenvalue weighted by Crippen LogP contribution is 2.23. The molecule has 4 rings (SSSR count). The van der Waals surface area contributed by atoms with Gasteiger partial charge in [0.25, 0.3) is 0 Å². The number of fused-ring (bicyclic) bond motifs is 1. The van der Waals surface area contributed by atoms with Gasteiger partial charge in [0.05, 0.1) is 29.9 Å². The molecule has 2 aromatic heterocycles. The van der Waals surface area contributed by atoms with Crippen LogP contribution in [0.15, 0.2) is 66.9 Å². The highest BCUT2D eigenvalue weighted by atomic mass is 35.5. The van der Waals surface area contributed by atoms with Crippen LogP contribution in [0.3, 0.4) is 0 Å². The van der Waals surface area contributed by atoms with Crippen LogP contribution in [0.5, 0.6) is 5.75 Å². The number of rotatable bonds is 7. The summed E-state index contributed by atoms with van der Waals surface area (Å²) in [5.74, 6) is 0.657. The average molecular weight is 421 g/mol. The van der Waals surface area contributed by atoms with Crippen LogP contribution in [0.4, 0.5) is 5.69 Å². The van der Waals surface area contributed by atoms with Crippen molar-refractivity contribution in [2.75, 3.05) is 11.9 Å². The van der Waals surface area contributed by atoms with E-state index in [1.165, 1.54) is 0 Å². The first-order valence-electron chi connectivity index (χ1n) is 9.69. The summed E-state index contributed by atoms with van der Waals surface area (Å²) < 4.78 is 7.43.